The van der Waals surface area contributed by atoms with Gasteiger partial charge in [0.15, 0.2) is 0 Å². The van der Waals surface area contributed by atoms with Crippen LogP contribution < -0.4 is 5.32 Å². The van der Waals surface area contributed by atoms with Crippen LogP contribution >= 0.6 is 0 Å². The Kier molecular flexibility index (Phi) is 5.47. The zero-order valence-electron chi connectivity index (χ0n) is 13.9. The first-order valence-electron chi connectivity index (χ1n) is 8.40. The summed E-state index contributed by atoms with van der Waals surface area (Å²) in [4.78, 5) is 0. The summed E-state index contributed by atoms with van der Waals surface area (Å²) in [5.74, 6) is 0. The lowest BCUT2D eigenvalue weighted by Crippen LogP contribution is -2.22. The average molecular weight is 313 g/mol. The van der Waals surface area contributed by atoms with Gasteiger partial charge in [0.1, 0.15) is 0 Å². The molecule has 0 spiro atoms. The Hall–Kier alpha value is -2.80. The fourth-order valence-electron chi connectivity index (χ4n) is 2.93. The van der Waals surface area contributed by atoms with Crippen molar-refractivity contribution in [2.75, 3.05) is 5.32 Å². The average Bonchev–Trinajstić information content (AvgIpc) is 2.64. The van der Waals surface area contributed by atoms with Crippen LogP contribution in [0.1, 0.15) is 17.5 Å². The van der Waals surface area contributed by atoms with Crippen LogP contribution in [0.5, 0.6) is 0 Å². The molecule has 3 aromatic carbocycles. The van der Waals surface area contributed by atoms with E-state index in [0.29, 0.717) is 6.04 Å². The Morgan fingerprint density at radius 1 is 0.750 bits per heavy atom. The van der Waals surface area contributed by atoms with Crippen molar-refractivity contribution in [2.24, 2.45) is 0 Å². The highest BCUT2D eigenvalue weighted by Gasteiger charge is 2.12. The molecule has 0 fully saturated rings. The summed E-state index contributed by atoms with van der Waals surface area (Å²) >= 11 is 0. The van der Waals surface area contributed by atoms with Crippen molar-refractivity contribution >= 4 is 11.3 Å². The first kappa shape index (κ1) is 16.1. The summed E-state index contributed by atoms with van der Waals surface area (Å²) in [5.41, 5.74) is 4.87. The number of benzene rings is 3. The Morgan fingerprint density at radius 3 is 1.92 bits per heavy atom. The number of hydrogen-bond donors (Lipinski definition) is 1. The summed E-state index contributed by atoms with van der Waals surface area (Å²) in [5, 5.41) is 3.67. The quantitative estimate of drug-likeness (QED) is 0.580. The third-order valence-electron chi connectivity index (χ3n) is 4.14. The van der Waals surface area contributed by atoms with Crippen LogP contribution in [-0.2, 0) is 6.42 Å². The summed E-state index contributed by atoms with van der Waals surface area (Å²) in [6.45, 7) is 4.31. The van der Waals surface area contributed by atoms with Gasteiger partial charge in [-0.05, 0) is 41.7 Å². The number of hydrogen-bond acceptors (Lipinski definition) is 1. The van der Waals surface area contributed by atoms with Gasteiger partial charge in [0.05, 0.1) is 0 Å². The predicted molar refractivity (Wildman–Crippen MR) is 104 cm³/mol. The fraction of sp³-hybridized carbons (Fsp3) is 0.130. The van der Waals surface area contributed by atoms with Gasteiger partial charge in [-0.1, -0.05) is 85.4 Å². The molecule has 1 N–H and O–H groups in total. The van der Waals surface area contributed by atoms with E-state index in [4.69, 9.17) is 0 Å². The molecule has 0 radical (unpaired) electrons. The van der Waals surface area contributed by atoms with Crippen LogP contribution in [0.25, 0.3) is 5.57 Å². The zero-order valence-corrected chi connectivity index (χ0v) is 13.9. The van der Waals surface area contributed by atoms with Gasteiger partial charge in [0, 0.05) is 11.7 Å². The van der Waals surface area contributed by atoms with E-state index in [1.165, 1.54) is 16.7 Å². The van der Waals surface area contributed by atoms with E-state index in [1.807, 2.05) is 12.1 Å². The van der Waals surface area contributed by atoms with Crippen LogP contribution in [0, 0.1) is 0 Å². The zero-order chi connectivity index (χ0) is 16.6. The van der Waals surface area contributed by atoms with Gasteiger partial charge in [0.25, 0.3) is 0 Å². The normalized spacial score (nSPS) is 11.7. The Labute approximate surface area is 144 Å². The lowest BCUT2D eigenvalue weighted by molar-refractivity contribution is 0.736. The molecule has 1 heteroatoms. The van der Waals surface area contributed by atoms with Crippen molar-refractivity contribution in [2.45, 2.75) is 18.9 Å². The van der Waals surface area contributed by atoms with Gasteiger partial charge in [0.2, 0.25) is 0 Å². The highest BCUT2D eigenvalue weighted by Crippen LogP contribution is 2.22. The highest BCUT2D eigenvalue weighted by atomic mass is 14.9. The minimum absolute atomic E-state index is 0.308. The minimum Gasteiger partial charge on any atom is -0.382 e. The monoisotopic (exact) mass is 313 g/mol. The van der Waals surface area contributed by atoms with Crippen molar-refractivity contribution in [3.05, 3.63) is 109 Å². The van der Waals surface area contributed by atoms with Crippen molar-refractivity contribution < 1.29 is 0 Å². The molecule has 0 aliphatic rings. The second-order valence-corrected chi connectivity index (χ2v) is 6.07. The minimum atomic E-state index is 0.308. The van der Waals surface area contributed by atoms with Gasteiger partial charge in [-0.15, -0.1) is 0 Å². The summed E-state index contributed by atoms with van der Waals surface area (Å²) in [7, 11) is 0. The molecule has 1 unspecified atom stereocenters. The molecule has 120 valence electrons. The number of nitrogens with one attached hydrogen (secondary N) is 1. The largest absolute Gasteiger partial charge is 0.382 e. The lowest BCUT2D eigenvalue weighted by atomic mass is 9.95. The second kappa shape index (κ2) is 8.16. The smallest absolute Gasteiger partial charge is 0.0342 e. The van der Waals surface area contributed by atoms with Crippen LogP contribution in [0.15, 0.2) is 97.6 Å². The molecule has 3 rings (SSSR count). The van der Waals surface area contributed by atoms with Gasteiger partial charge < -0.3 is 5.32 Å². The maximum absolute atomic E-state index is 4.31. The summed E-state index contributed by atoms with van der Waals surface area (Å²) in [6, 6.07) is 31.8. The van der Waals surface area contributed by atoms with Gasteiger partial charge in [-0.3, -0.25) is 0 Å². The van der Waals surface area contributed by atoms with E-state index in [0.717, 1.165) is 18.5 Å². The molecule has 1 nitrogen and oxygen atoms in total. The molecule has 0 amide bonds. The van der Waals surface area contributed by atoms with E-state index in [9.17, 15) is 0 Å². The Morgan fingerprint density at radius 2 is 1.29 bits per heavy atom. The SMILES string of the molecule is C=C(CC(Cc1ccccc1)Nc1ccccc1)c1ccccc1. The van der Waals surface area contributed by atoms with Crippen LogP contribution in [0.3, 0.4) is 0 Å². The van der Waals surface area contributed by atoms with E-state index in [2.05, 4.69) is 90.8 Å². The molecule has 1 atom stereocenters. The van der Waals surface area contributed by atoms with Crippen LogP contribution in [-0.4, -0.2) is 6.04 Å². The maximum atomic E-state index is 4.31. The van der Waals surface area contributed by atoms with Crippen molar-refractivity contribution in [3.8, 4) is 0 Å². The molecule has 0 heterocycles. The van der Waals surface area contributed by atoms with E-state index < -0.39 is 0 Å². The molecular formula is C23H23N. The fourth-order valence-corrected chi connectivity index (χ4v) is 2.93. The topological polar surface area (TPSA) is 12.0 Å². The predicted octanol–water partition coefficient (Wildman–Crippen LogP) is 5.81. The second-order valence-electron chi connectivity index (χ2n) is 6.07. The van der Waals surface area contributed by atoms with Gasteiger partial charge in [-0.25, -0.2) is 0 Å². The van der Waals surface area contributed by atoms with E-state index >= 15 is 0 Å². The molecular weight excluding hydrogens is 290 g/mol. The number of para-hydroxylation sites is 1. The molecule has 0 bridgehead atoms. The first-order valence-corrected chi connectivity index (χ1v) is 8.40. The third-order valence-corrected chi connectivity index (χ3v) is 4.14. The van der Waals surface area contributed by atoms with E-state index in [1.54, 1.807) is 0 Å². The van der Waals surface area contributed by atoms with Crippen molar-refractivity contribution in [1.29, 1.82) is 0 Å². The molecule has 0 aromatic heterocycles. The van der Waals surface area contributed by atoms with Crippen LogP contribution in [0.4, 0.5) is 5.69 Å². The molecule has 0 aliphatic carbocycles. The standard InChI is InChI=1S/C23H23N/c1-19(21-13-7-3-8-14-21)17-23(18-20-11-5-2-6-12-20)24-22-15-9-4-10-16-22/h2-16,23-24H,1,17-18H2. The number of anilines is 1. The van der Waals surface area contributed by atoms with Crippen molar-refractivity contribution in [3.63, 3.8) is 0 Å². The number of rotatable bonds is 7. The lowest BCUT2D eigenvalue weighted by Gasteiger charge is -2.21. The Balaban J connectivity index is 1.75. The third kappa shape index (κ3) is 4.60. The summed E-state index contributed by atoms with van der Waals surface area (Å²) in [6.07, 6.45) is 1.88. The molecule has 0 aliphatic heterocycles. The maximum Gasteiger partial charge on any atom is 0.0342 e. The molecule has 0 saturated heterocycles. The molecule has 0 saturated carbocycles. The summed E-state index contributed by atoms with van der Waals surface area (Å²) < 4.78 is 0. The van der Waals surface area contributed by atoms with E-state index in [-0.39, 0.29) is 0 Å². The molecule has 3 aromatic rings. The van der Waals surface area contributed by atoms with Crippen molar-refractivity contribution in [1.82, 2.24) is 0 Å². The van der Waals surface area contributed by atoms with Gasteiger partial charge in [-0.2, -0.15) is 0 Å². The highest BCUT2D eigenvalue weighted by molar-refractivity contribution is 5.64. The van der Waals surface area contributed by atoms with Crippen LogP contribution in [0.2, 0.25) is 0 Å². The Bertz CT molecular complexity index is 706. The van der Waals surface area contributed by atoms with Gasteiger partial charge >= 0.3 is 0 Å². The molecule has 24 heavy (non-hydrogen) atoms. The first-order chi connectivity index (χ1) is 11.8.